The summed E-state index contributed by atoms with van der Waals surface area (Å²) in [6.07, 6.45) is 0. The van der Waals surface area contributed by atoms with Crippen LogP contribution in [0.2, 0.25) is 10.0 Å². The highest BCUT2D eigenvalue weighted by Crippen LogP contribution is 2.27. The average Bonchev–Trinajstić information content (AvgIpc) is 2.33. The first-order chi connectivity index (χ1) is 9.61. The zero-order chi connectivity index (χ0) is 16.2. The molecule has 0 bridgehead atoms. The number of carbonyl (C=O) groups is 2. The van der Waals surface area contributed by atoms with E-state index in [0.29, 0.717) is 10.8 Å². The molecule has 2 N–H and O–H groups in total. The van der Waals surface area contributed by atoms with E-state index >= 15 is 0 Å². The first-order valence-corrected chi connectivity index (χ1v) is 6.97. The first kappa shape index (κ1) is 17.6. The molecule has 0 aliphatic rings. The molecule has 0 radical (unpaired) electrons. The fraction of sp³-hybridized carbons (Fsp3) is 0.429. The molecule has 0 saturated carbocycles. The summed E-state index contributed by atoms with van der Waals surface area (Å²) in [5, 5.41) is 12.3. The van der Waals surface area contributed by atoms with Gasteiger partial charge < -0.3 is 15.2 Å². The fourth-order valence-corrected chi connectivity index (χ4v) is 2.05. The second kappa shape index (κ2) is 7.00. The molecule has 0 heterocycles. The minimum absolute atomic E-state index is 0.279. The van der Waals surface area contributed by atoms with E-state index < -0.39 is 23.3 Å². The number of carboxylic acids is 1. The number of carbonyl (C=O) groups excluding carboxylic acids is 1. The van der Waals surface area contributed by atoms with Gasteiger partial charge in [0.15, 0.2) is 6.61 Å². The van der Waals surface area contributed by atoms with Gasteiger partial charge in [-0.2, -0.15) is 0 Å². The number of nitrogens with one attached hydrogen (secondary N) is 1. The Hall–Kier alpha value is -1.46. The molecule has 1 aromatic rings. The van der Waals surface area contributed by atoms with Crippen LogP contribution in [0.15, 0.2) is 18.2 Å². The molecule has 1 atom stereocenters. The Morgan fingerprint density at radius 1 is 1.33 bits per heavy atom. The van der Waals surface area contributed by atoms with Crippen molar-refractivity contribution in [3.05, 3.63) is 28.2 Å². The van der Waals surface area contributed by atoms with Gasteiger partial charge in [0.1, 0.15) is 11.8 Å². The molecule has 0 spiro atoms. The molecule has 0 fully saturated rings. The van der Waals surface area contributed by atoms with Crippen molar-refractivity contribution in [2.24, 2.45) is 5.41 Å². The van der Waals surface area contributed by atoms with Gasteiger partial charge in [-0.1, -0.05) is 44.0 Å². The molecule has 0 aromatic heterocycles. The van der Waals surface area contributed by atoms with Crippen LogP contribution in [-0.4, -0.2) is 29.6 Å². The van der Waals surface area contributed by atoms with Crippen LogP contribution in [0.25, 0.3) is 0 Å². The third-order valence-electron chi connectivity index (χ3n) is 2.67. The van der Waals surface area contributed by atoms with Crippen molar-refractivity contribution in [1.82, 2.24) is 5.32 Å². The Balaban J connectivity index is 2.63. The van der Waals surface area contributed by atoms with Crippen molar-refractivity contribution in [2.45, 2.75) is 26.8 Å². The lowest BCUT2D eigenvalue weighted by atomic mass is 9.87. The van der Waals surface area contributed by atoms with E-state index in [1.54, 1.807) is 26.8 Å². The summed E-state index contributed by atoms with van der Waals surface area (Å²) in [5.41, 5.74) is -0.612. The standard InChI is InChI=1S/C14H17Cl2NO4/c1-14(2,3)12(13(19)20)17-11(18)7-21-10-5-4-8(15)6-9(10)16/h4-6,12H,7H2,1-3H3,(H,17,18)(H,19,20)/t12-/m0/s1. The fourth-order valence-electron chi connectivity index (χ4n) is 1.59. The molecule has 7 heteroatoms. The van der Waals surface area contributed by atoms with Crippen molar-refractivity contribution < 1.29 is 19.4 Å². The maximum absolute atomic E-state index is 11.8. The number of hydrogen-bond acceptors (Lipinski definition) is 3. The van der Waals surface area contributed by atoms with Gasteiger partial charge in [-0.15, -0.1) is 0 Å². The monoisotopic (exact) mass is 333 g/mol. The van der Waals surface area contributed by atoms with Crippen LogP contribution in [0.1, 0.15) is 20.8 Å². The molecule has 0 aliphatic heterocycles. The highest BCUT2D eigenvalue weighted by atomic mass is 35.5. The van der Waals surface area contributed by atoms with E-state index in [4.69, 9.17) is 33.0 Å². The van der Waals surface area contributed by atoms with Gasteiger partial charge >= 0.3 is 5.97 Å². The second-order valence-corrected chi connectivity index (χ2v) is 6.41. The highest BCUT2D eigenvalue weighted by molar-refractivity contribution is 6.35. The number of halogens is 2. The zero-order valence-electron chi connectivity index (χ0n) is 11.9. The van der Waals surface area contributed by atoms with Gasteiger partial charge in [0.2, 0.25) is 0 Å². The molecular formula is C14H17Cl2NO4. The molecule has 1 rings (SSSR count). The number of amides is 1. The van der Waals surface area contributed by atoms with Crippen LogP contribution in [0.5, 0.6) is 5.75 Å². The Morgan fingerprint density at radius 3 is 2.43 bits per heavy atom. The molecule has 21 heavy (non-hydrogen) atoms. The lowest BCUT2D eigenvalue weighted by Crippen LogP contribution is -2.50. The number of carboxylic acid groups (broad SMARTS) is 1. The van der Waals surface area contributed by atoms with Crippen molar-refractivity contribution in [3.63, 3.8) is 0 Å². The molecule has 0 unspecified atom stereocenters. The average molecular weight is 334 g/mol. The van der Waals surface area contributed by atoms with Crippen LogP contribution >= 0.6 is 23.2 Å². The lowest BCUT2D eigenvalue weighted by Gasteiger charge is -2.27. The molecule has 0 aliphatic carbocycles. The Morgan fingerprint density at radius 2 is 1.95 bits per heavy atom. The molecule has 1 aromatic carbocycles. The number of rotatable bonds is 5. The third kappa shape index (κ3) is 5.44. The smallest absolute Gasteiger partial charge is 0.326 e. The van der Waals surface area contributed by atoms with Crippen LogP contribution in [0, 0.1) is 5.41 Å². The molecule has 1 amide bonds. The largest absolute Gasteiger partial charge is 0.482 e. The predicted octanol–water partition coefficient (Wildman–Crippen LogP) is 2.99. The van der Waals surface area contributed by atoms with Crippen LogP contribution < -0.4 is 10.1 Å². The zero-order valence-corrected chi connectivity index (χ0v) is 13.5. The quantitative estimate of drug-likeness (QED) is 0.868. The minimum Gasteiger partial charge on any atom is -0.482 e. The predicted molar refractivity (Wildman–Crippen MR) is 81.0 cm³/mol. The summed E-state index contributed by atoms with van der Waals surface area (Å²) < 4.78 is 5.25. The summed E-state index contributed by atoms with van der Waals surface area (Å²) in [5.74, 6) is -1.33. The van der Waals surface area contributed by atoms with Gasteiger partial charge in [0.25, 0.3) is 5.91 Å². The normalized spacial score (nSPS) is 12.6. The van der Waals surface area contributed by atoms with E-state index in [-0.39, 0.29) is 11.6 Å². The number of aliphatic carboxylic acids is 1. The number of benzene rings is 1. The Bertz CT molecular complexity index is 540. The van der Waals surface area contributed by atoms with Gasteiger partial charge in [-0.3, -0.25) is 4.79 Å². The van der Waals surface area contributed by atoms with Crippen molar-refractivity contribution in [2.75, 3.05) is 6.61 Å². The van der Waals surface area contributed by atoms with Crippen LogP contribution in [-0.2, 0) is 9.59 Å². The third-order valence-corrected chi connectivity index (χ3v) is 3.20. The maximum atomic E-state index is 11.8. The van der Waals surface area contributed by atoms with E-state index in [1.165, 1.54) is 12.1 Å². The summed E-state index contributed by atoms with van der Waals surface area (Å²) in [4.78, 5) is 22.9. The Labute approximate surface area is 133 Å². The number of hydrogen-bond donors (Lipinski definition) is 2. The maximum Gasteiger partial charge on any atom is 0.326 e. The number of ether oxygens (including phenoxy) is 1. The van der Waals surface area contributed by atoms with E-state index in [1.807, 2.05) is 0 Å². The van der Waals surface area contributed by atoms with Crippen molar-refractivity contribution >= 4 is 35.1 Å². The van der Waals surface area contributed by atoms with Crippen LogP contribution in [0.3, 0.4) is 0 Å². The summed E-state index contributed by atoms with van der Waals surface area (Å²) >= 11 is 11.7. The van der Waals surface area contributed by atoms with Crippen molar-refractivity contribution in [1.29, 1.82) is 0 Å². The van der Waals surface area contributed by atoms with Crippen LogP contribution in [0.4, 0.5) is 0 Å². The summed E-state index contributed by atoms with van der Waals surface area (Å²) in [6, 6.07) is 3.60. The highest BCUT2D eigenvalue weighted by Gasteiger charge is 2.32. The topological polar surface area (TPSA) is 75.6 Å². The van der Waals surface area contributed by atoms with Gasteiger partial charge in [0.05, 0.1) is 5.02 Å². The second-order valence-electron chi connectivity index (χ2n) is 5.57. The molecule has 5 nitrogen and oxygen atoms in total. The lowest BCUT2D eigenvalue weighted by molar-refractivity contribution is -0.145. The van der Waals surface area contributed by atoms with E-state index in [2.05, 4.69) is 5.32 Å². The molecule has 0 saturated heterocycles. The molecule has 116 valence electrons. The summed E-state index contributed by atoms with van der Waals surface area (Å²) in [7, 11) is 0. The van der Waals surface area contributed by atoms with Gasteiger partial charge in [0, 0.05) is 5.02 Å². The summed E-state index contributed by atoms with van der Waals surface area (Å²) in [6.45, 7) is 4.84. The van der Waals surface area contributed by atoms with Gasteiger partial charge in [-0.05, 0) is 23.6 Å². The van der Waals surface area contributed by atoms with E-state index in [9.17, 15) is 9.59 Å². The first-order valence-electron chi connectivity index (χ1n) is 6.21. The van der Waals surface area contributed by atoms with Crippen molar-refractivity contribution in [3.8, 4) is 5.75 Å². The Kier molecular flexibility index (Phi) is 5.87. The minimum atomic E-state index is -1.10. The SMILES string of the molecule is CC(C)(C)[C@@H](NC(=O)COc1ccc(Cl)cc1Cl)C(=O)O. The van der Waals surface area contributed by atoms with E-state index in [0.717, 1.165) is 0 Å². The molecular weight excluding hydrogens is 317 g/mol. The van der Waals surface area contributed by atoms with Gasteiger partial charge in [-0.25, -0.2) is 4.79 Å².